The molecule has 11 heavy (non-hydrogen) atoms. The molecule has 2 nitrogen and oxygen atoms in total. The summed E-state index contributed by atoms with van der Waals surface area (Å²) in [6.45, 7) is 0. The van der Waals surface area contributed by atoms with E-state index in [0.29, 0.717) is 3.95 Å². The van der Waals surface area contributed by atoms with Crippen LogP contribution in [-0.4, -0.2) is 10.1 Å². The number of nitrogens with one attached hydrogen (secondary N) is 1. The number of thiazole rings is 1. The Morgan fingerprint density at radius 2 is 2.27 bits per heavy atom. The fraction of sp³-hybridized carbons (Fsp3) is 0. The number of benzene rings is 1. The first-order chi connectivity index (χ1) is 5.27. The Labute approximate surface area is 72.1 Å². The van der Waals surface area contributed by atoms with E-state index < -0.39 is 0 Å². The van der Waals surface area contributed by atoms with Gasteiger partial charge in [-0.1, -0.05) is 6.07 Å². The number of rotatable bonds is 0. The molecule has 0 unspecified atom stereocenters. The Balaban J connectivity index is 3.01. The minimum Gasteiger partial charge on any atom is -0.506 e. The van der Waals surface area contributed by atoms with Crippen LogP contribution in [0.5, 0.6) is 5.75 Å². The first-order valence-electron chi connectivity index (χ1n) is 3.08. The molecule has 56 valence electrons. The van der Waals surface area contributed by atoms with Crippen molar-refractivity contribution in [1.29, 1.82) is 0 Å². The smallest absolute Gasteiger partial charge is 0.159 e. The van der Waals surface area contributed by atoms with Gasteiger partial charge in [0.2, 0.25) is 0 Å². The van der Waals surface area contributed by atoms with Crippen LogP contribution >= 0.6 is 23.6 Å². The van der Waals surface area contributed by atoms with Crippen LogP contribution in [0.15, 0.2) is 18.2 Å². The van der Waals surface area contributed by atoms with Crippen LogP contribution in [-0.2, 0) is 0 Å². The van der Waals surface area contributed by atoms with Gasteiger partial charge in [-0.05, 0) is 24.4 Å². The number of hydrogen-bond acceptors (Lipinski definition) is 3. The number of para-hydroxylation sites is 1. The molecule has 2 N–H and O–H groups in total. The summed E-state index contributed by atoms with van der Waals surface area (Å²) in [5, 5.41) is 9.31. The largest absolute Gasteiger partial charge is 0.506 e. The van der Waals surface area contributed by atoms with Gasteiger partial charge in [0.25, 0.3) is 0 Å². The predicted octanol–water partition coefficient (Wildman–Crippen LogP) is 2.66. The molecule has 1 heterocycles. The summed E-state index contributed by atoms with van der Waals surface area (Å²) in [5.74, 6) is 0.259. The lowest BCUT2D eigenvalue weighted by Gasteiger charge is -1.90. The van der Waals surface area contributed by atoms with Crippen LogP contribution in [0, 0.1) is 3.95 Å². The first-order valence-corrected chi connectivity index (χ1v) is 4.30. The van der Waals surface area contributed by atoms with E-state index in [1.165, 1.54) is 11.3 Å². The van der Waals surface area contributed by atoms with Crippen molar-refractivity contribution in [3.05, 3.63) is 22.2 Å². The minimum absolute atomic E-state index is 0.259. The molecular weight excluding hydrogens is 178 g/mol. The van der Waals surface area contributed by atoms with Gasteiger partial charge in [-0.15, -0.1) is 11.3 Å². The van der Waals surface area contributed by atoms with E-state index in [1.54, 1.807) is 12.1 Å². The van der Waals surface area contributed by atoms with Crippen LogP contribution < -0.4 is 0 Å². The van der Waals surface area contributed by atoms with Crippen molar-refractivity contribution in [2.75, 3.05) is 0 Å². The molecule has 4 heteroatoms. The quantitative estimate of drug-likeness (QED) is 0.616. The van der Waals surface area contributed by atoms with Gasteiger partial charge in [-0.2, -0.15) is 0 Å². The van der Waals surface area contributed by atoms with E-state index >= 15 is 0 Å². The van der Waals surface area contributed by atoms with Gasteiger partial charge in [-0.3, -0.25) is 0 Å². The molecule has 0 atom stereocenters. The maximum Gasteiger partial charge on any atom is 0.159 e. The zero-order chi connectivity index (χ0) is 7.84. The maximum atomic E-state index is 9.31. The Morgan fingerprint density at radius 3 is 3.00 bits per heavy atom. The molecule has 0 spiro atoms. The number of aromatic nitrogens is 1. The van der Waals surface area contributed by atoms with Crippen molar-refractivity contribution >= 4 is 33.8 Å². The number of phenols is 1. The molecule has 2 rings (SSSR count). The average molecular weight is 183 g/mol. The number of fused-ring (bicyclic) bond motifs is 1. The zero-order valence-electron chi connectivity index (χ0n) is 5.50. The Hall–Kier alpha value is -0.870. The van der Waals surface area contributed by atoms with Gasteiger partial charge in [0, 0.05) is 0 Å². The van der Waals surface area contributed by atoms with Crippen molar-refractivity contribution in [1.82, 2.24) is 4.98 Å². The molecule has 0 saturated carbocycles. The summed E-state index contributed by atoms with van der Waals surface area (Å²) < 4.78 is 1.69. The molecule has 2 aromatic rings. The molecule has 0 fully saturated rings. The van der Waals surface area contributed by atoms with Gasteiger partial charge in [0.05, 0.1) is 10.2 Å². The van der Waals surface area contributed by atoms with Crippen molar-refractivity contribution < 1.29 is 5.11 Å². The second-order valence-electron chi connectivity index (χ2n) is 2.16. The second kappa shape index (κ2) is 2.32. The summed E-state index contributed by atoms with van der Waals surface area (Å²) >= 11 is 6.39. The van der Waals surface area contributed by atoms with Gasteiger partial charge < -0.3 is 10.1 Å². The third kappa shape index (κ3) is 1.04. The van der Waals surface area contributed by atoms with Gasteiger partial charge in [-0.25, -0.2) is 0 Å². The fourth-order valence-corrected chi connectivity index (χ4v) is 2.09. The average Bonchev–Trinajstić information content (AvgIpc) is 2.31. The monoisotopic (exact) mass is 183 g/mol. The SMILES string of the molecule is Oc1cccc2sc(=S)[nH]c12. The highest BCUT2D eigenvalue weighted by molar-refractivity contribution is 7.73. The fourth-order valence-electron chi connectivity index (χ4n) is 0.958. The van der Waals surface area contributed by atoms with Crippen LogP contribution in [0.2, 0.25) is 0 Å². The Bertz CT molecular complexity index is 443. The summed E-state index contributed by atoms with van der Waals surface area (Å²) in [5.41, 5.74) is 0.738. The lowest BCUT2D eigenvalue weighted by atomic mass is 10.3. The minimum atomic E-state index is 0.259. The zero-order valence-corrected chi connectivity index (χ0v) is 7.13. The van der Waals surface area contributed by atoms with E-state index in [2.05, 4.69) is 4.98 Å². The van der Waals surface area contributed by atoms with Crippen LogP contribution in [0.25, 0.3) is 10.2 Å². The van der Waals surface area contributed by atoms with Crippen LogP contribution in [0.1, 0.15) is 0 Å². The van der Waals surface area contributed by atoms with Crippen molar-refractivity contribution in [3.63, 3.8) is 0 Å². The predicted molar refractivity (Wildman–Crippen MR) is 48.7 cm³/mol. The van der Waals surface area contributed by atoms with Crippen molar-refractivity contribution in [2.24, 2.45) is 0 Å². The third-order valence-electron chi connectivity index (χ3n) is 1.43. The molecule has 1 aromatic heterocycles. The first kappa shape index (κ1) is 6.82. The van der Waals surface area contributed by atoms with Crippen LogP contribution in [0.3, 0.4) is 0 Å². The topological polar surface area (TPSA) is 36.0 Å². The normalized spacial score (nSPS) is 10.5. The molecule has 0 bridgehead atoms. The molecule has 0 aliphatic heterocycles. The third-order valence-corrected chi connectivity index (χ3v) is 2.63. The highest BCUT2D eigenvalue weighted by Crippen LogP contribution is 2.26. The lowest BCUT2D eigenvalue weighted by molar-refractivity contribution is 0.480. The Kier molecular flexibility index (Phi) is 1.44. The van der Waals surface area contributed by atoms with Gasteiger partial charge >= 0.3 is 0 Å². The van der Waals surface area contributed by atoms with E-state index in [0.717, 1.165) is 10.2 Å². The number of hydrogen-bond donors (Lipinski definition) is 2. The number of aromatic hydroxyl groups is 1. The van der Waals surface area contributed by atoms with Crippen molar-refractivity contribution in [3.8, 4) is 5.75 Å². The van der Waals surface area contributed by atoms with Crippen molar-refractivity contribution in [2.45, 2.75) is 0 Å². The lowest BCUT2D eigenvalue weighted by Crippen LogP contribution is -1.67. The molecule has 0 aliphatic carbocycles. The van der Waals surface area contributed by atoms with E-state index in [4.69, 9.17) is 12.2 Å². The van der Waals surface area contributed by atoms with E-state index in [1.807, 2.05) is 6.07 Å². The highest BCUT2D eigenvalue weighted by Gasteiger charge is 1.99. The molecule has 0 aliphatic rings. The van der Waals surface area contributed by atoms with Gasteiger partial charge in [0.1, 0.15) is 5.75 Å². The molecular formula is C7H5NOS2. The molecule has 1 aromatic carbocycles. The molecule has 0 saturated heterocycles. The number of H-pyrrole nitrogens is 1. The number of phenolic OH excluding ortho intramolecular Hbond substituents is 1. The maximum absolute atomic E-state index is 9.31. The summed E-state index contributed by atoms with van der Waals surface area (Å²) in [7, 11) is 0. The van der Waals surface area contributed by atoms with Gasteiger partial charge in [0.15, 0.2) is 3.95 Å². The molecule has 0 amide bonds. The summed E-state index contributed by atoms with van der Waals surface area (Å²) in [6.07, 6.45) is 0. The molecule has 0 radical (unpaired) electrons. The van der Waals surface area contributed by atoms with E-state index in [-0.39, 0.29) is 5.75 Å². The Morgan fingerprint density at radius 1 is 1.45 bits per heavy atom. The summed E-state index contributed by atoms with van der Waals surface area (Å²) in [6, 6.07) is 5.36. The highest BCUT2D eigenvalue weighted by atomic mass is 32.1. The summed E-state index contributed by atoms with van der Waals surface area (Å²) in [4.78, 5) is 2.91. The number of aromatic amines is 1. The second-order valence-corrected chi connectivity index (χ2v) is 3.88. The van der Waals surface area contributed by atoms with Crippen LogP contribution in [0.4, 0.5) is 0 Å². The van der Waals surface area contributed by atoms with E-state index in [9.17, 15) is 5.11 Å². The standard InChI is InChI=1S/C7H5NOS2/c9-4-2-1-3-5-6(4)8-7(10)11-5/h1-3,9H,(H,8,10).